The normalized spacial score (nSPS) is 13.8. The Hall–Kier alpha value is -0.0800. The summed E-state index contributed by atoms with van der Waals surface area (Å²) in [6.45, 7) is 10.4. The van der Waals surface area contributed by atoms with Crippen LogP contribution in [0, 0.1) is 0 Å². The minimum Gasteiger partial charge on any atom is -0.314 e. The van der Waals surface area contributed by atoms with Gasteiger partial charge in [-0.15, -0.1) is 0 Å². The Morgan fingerprint density at radius 2 is 1.60 bits per heavy atom. The number of nitrogens with one attached hydrogen (secondary N) is 1. The summed E-state index contributed by atoms with van der Waals surface area (Å²) in [4.78, 5) is 0. The van der Waals surface area contributed by atoms with Gasteiger partial charge in [-0.3, -0.25) is 5.32 Å². The van der Waals surface area contributed by atoms with Gasteiger partial charge in [-0.05, 0) is 34.1 Å². The summed E-state index contributed by atoms with van der Waals surface area (Å²) in [6.07, 6.45) is 1.09. The van der Waals surface area contributed by atoms with E-state index in [1.165, 1.54) is 0 Å². The summed E-state index contributed by atoms with van der Waals surface area (Å²) in [5, 5.41) is 3.32. The highest BCUT2D eigenvalue weighted by Crippen LogP contribution is 2.10. The van der Waals surface area contributed by atoms with E-state index in [4.69, 9.17) is 5.73 Å². The molecule has 0 aliphatic heterocycles. The number of nitrogens with two attached hydrogens (primary N) is 1. The van der Waals surface area contributed by atoms with Gasteiger partial charge >= 0.3 is 0 Å². The van der Waals surface area contributed by atoms with Crippen molar-refractivity contribution >= 4 is 0 Å². The molecule has 0 atom stereocenters. The summed E-state index contributed by atoms with van der Waals surface area (Å²) >= 11 is 0. The van der Waals surface area contributed by atoms with Crippen LogP contribution in [0.5, 0.6) is 0 Å². The van der Waals surface area contributed by atoms with Crippen LogP contribution in [0.4, 0.5) is 0 Å². The number of hydrogen-bond acceptors (Lipinski definition) is 2. The average Bonchev–Trinajstić information content (AvgIpc) is 1.60. The first kappa shape index (κ1) is 9.92. The van der Waals surface area contributed by atoms with Crippen LogP contribution in [-0.4, -0.2) is 11.2 Å². The fourth-order valence-electron chi connectivity index (χ4n) is 0.961. The fourth-order valence-corrected chi connectivity index (χ4v) is 0.961. The molecule has 0 heterocycles. The molecule has 0 saturated carbocycles. The van der Waals surface area contributed by atoms with Gasteiger partial charge in [-0.1, -0.05) is 6.92 Å². The zero-order valence-electron chi connectivity index (χ0n) is 7.78. The first-order valence-corrected chi connectivity index (χ1v) is 3.85. The van der Waals surface area contributed by atoms with Crippen LogP contribution in [0.25, 0.3) is 0 Å². The quantitative estimate of drug-likeness (QED) is 0.588. The van der Waals surface area contributed by atoms with Crippen molar-refractivity contribution in [2.24, 2.45) is 5.73 Å². The molecular formula is C8H20N2. The van der Waals surface area contributed by atoms with E-state index in [2.05, 4.69) is 26.1 Å². The predicted octanol–water partition coefficient (Wildman–Crippen LogP) is 1.46. The molecule has 62 valence electrons. The molecule has 2 heteroatoms. The second-order valence-corrected chi connectivity index (χ2v) is 4.08. The smallest absolute Gasteiger partial charge is 0.0607 e. The predicted molar refractivity (Wildman–Crippen MR) is 45.8 cm³/mol. The van der Waals surface area contributed by atoms with E-state index < -0.39 is 0 Å². The lowest BCUT2D eigenvalue weighted by Crippen LogP contribution is -2.57. The van der Waals surface area contributed by atoms with Crippen LogP contribution in [0.1, 0.15) is 41.0 Å². The van der Waals surface area contributed by atoms with E-state index in [0.29, 0.717) is 0 Å². The summed E-state index contributed by atoms with van der Waals surface area (Å²) in [5.41, 5.74) is 5.67. The van der Waals surface area contributed by atoms with Gasteiger partial charge in [0.15, 0.2) is 0 Å². The maximum atomic E-state index is 5.79. The maximum absolute atomic E-state index is 5.79. The molecule has 0 amide bonds. The second-order valence-electron chi connectivity index (χ2n) is 4.08. The molecule has 0 fully saturated rings. The van der Waals surface area contributed by atoms with Gasteiger partial charge in [-0.2, -0.15) is 0 Å². The topological polar surface area (TPSA) is 38.0 Å². The van der Waals surface area contributed by atoms with Gasteiger partial charge in [0.25, 0.3) is 0 Å². The summed E-state index contributed by atoms with van der Waals surface area (Å²) in [5.74, 6) is 0. The van der Waals surface area contributed by atoms with Gasteiger partial charge in [0.1, 0.15) is 0 Å². The molecule has 0 aliphatic rings. The van der Waals surface area contributed by atoms with Crippen LogP contribution in [-0.2, 0) is 0 Å². The fraction of sp³-hybridized carbons (Fsp3) is 1.00. The third kappa shape index (κ3) is 4.77. The molecule has 0 aromatic carbocycles. The molecule has 3 N–H and O–H groups in total. The van der Waals surface area contributed by atoms with Crippen molar-refractivity contribution in [3.05, 3.63) is 0 Å². The minimum atomic E-state index is -0.264. The van der Waals surface area contributed by atoms with Crippen molar-refractivity contribution in [2.45, 2.75) is 52.2 Å². The molecule has 0 aliphatic carbocycles. The van der Waals surface area contributed by atoms with Crippen molar-refractivity contribution in [3.63, 3.8) is 0 Å². The van der Waals surface area contributed by atoms with Crippen molar-refractivity contribution in [2.75, 3.05) is 0 Å². The van der Waals surface area contributed by atoms with Gasteiger partial charge in [0.05, 0.1) is 5.66 Å². The maximum Gasteiger partial charge on any atom is 0.0607 e. The summed E-state index contributed by atoms with van der Waals surface area (Å²) in [6, 6.07) is 0. The zero-order valence-corrected chi connectivity index (χ0v) is 7.78. The number of hydrogen-bond donors (Lipinski definition) is 2. The van der Waals surface area contributed by atoms with E-state index in [-0.39, 0.29) is 11.2 Å². The zero-order chi connectivity index (χ0) is 8.41. The van der Waals surface area contributed by atoms with E-state index >= 15 is 0 Å². The Bertz CT molecular complexity index is 100. The average molecular weight is 144 g/mol. The lowest BCUT2D eigenvalue weighted by molar-refractivity contribution is 0.264. The highest BCUT2D eigenvalue weighted by atomic mass is 15.1. The third-order valence-electron chi connectivity index (χ3n) is 1.54. The van der Waals surface area contributed by atoms with Crippen LogP contribution >= 0.6 is 0 Å². The van der Waals surface area contributed by atoms with Crippen molar-refractivity contribution < 1.29 is 0 Å². The van der Waals surface area contributed by atoms with Crippen molar-refractivity contribution in [1.82, 2.24) is 5.32 Å². The molecule has 0 spiro atoms. The Morgan fingerprint density at radius 1 is 1.20 bits per heavy atom. The molecule has 0 unspecified atom stereocenters. The summed E-state index contributed by atoms with van der Waals surface area (Å²) in [7, 11) is 0. The molecule has 2 nitrogen and oxygen atoms in total. The standard InChI is InChI=1S/C8H20N2/c1-6-7(2,3)10-8(4,5)9/h10H,6,9H2,1-5H3. The van der Waals surface area contributed by atoms with E-state index in [9.17, 15) is 0 Å². The van der Waals surface area contributed by atoms with Gasteiger partial charge in [0.2, 0.25) is 0 Å². The monoisotopic (exact) mass is 144 g/mol. The van der Waals surface area contributed by atoms with Gasteiger partial charge < -0.3 is 5.73 Å². The Morgan fingerprint density at radius 3 is 1.70 bits per heavy atom. The van der Waals surface area contributed by atoms with E-state index in [1.807, 2.05) is 13.8 Å². The minimum absolute atomic E-state index is 0.151. The second kappa shape index (κ2) is 2.89. The first-order chi connectivity index (χ1) is 4.27. The molecule has 0 aromatic rings. The van der Waals surface area contributed by atoms with Crippen molar-refractivity contribution in [1.29, 1.82) is 0 Å². The Balaban J connectivity index is 3.89. The highest BCUT2D eigenvalue weighted by molar-refractivity contribution is 4.82. The van der Waals surface area contributed by atoms with E-state index in [1.54, 1.807) is 0 Å². The van der Waals surface area contributed by atoms with Crippen LogP contribution < -0.4 is 11.1 Å². The molecule has 0 saturated heterocycles. The highest BCUT2D eigenvalue weighted by Gasteiger charge is 2.21. The molecule has 0 rings (SSSR count). The summed E-state index contributed by atoms with van der Waals surface area (Å²) < 4.78 is 0. The van der Waals surface area contributed by atoms with Crippen LogP contribution in [0.2, 0.25) is 0 Å². The lowest BCUT2D eigenvalue weighted by Gasteiger charge is -2.33. The largest absolute Gasteiger partial charge is 0.314 e. The molecular weight excluding hydrogens is 124 g/mol. The Labute approximate surface area is 64.2 Å². The number of rotatable bonds is 3. The van der Waals surface area contributed by atoms with Crippen LogP contribution in [0.15, 0.2) is 0 Å². The van der Waals surface area contributed by atoms with Gasteiger partial charge in [0, 0.05) is 5.54 Å². The van der Waals surface area contributed by atoms with Gasteiger partial charge in [-0.25, -0.2) is 0 Å². The lowest BCUT2D eigenvalue weighted by atomic mass is 10.00. The van der Waals surface area contributed by atoms with Crippen molar-refractivity contribution in [3.8, 4) is 0 Å². The van der Waals surface area contributed by atoms with Crippen LogP contribution in [0.3, 0.4) is 0 Å². The molecule has 10 heavy (non-hydrogen) atoms. The molecule has 0 bridgehead atoms. The molecule has 0 aromatic heterocycles. The third-order valence-corrected chi connectivity index (χ3v) is 1.54. The first-order valence-electron chi connectivity index (χ1n) is 3.85. The molecule has 0 radical (unpaired) electrons. The van der Waals surface area contributed by atoms with E-state index in [0.717, 1.165) is 6.42 Å². The SMILES string of the molecule is CCC(C)(C)NC(C)(C)N. The Kier molecular flexibility index (Phi) is 2.86.